The van der Waals surface area contributed by atoms with Crippen LogP contribution in [0.25, 0.3) is 11.1 Å². The van der Waals surface area contributed by atoms with E-state index in [1.807, 2.05) is 24.4 Å². The lowest BCUT2D eigenvalue weighted by Crippen LogP contribution is -3.11. The Morgan fingerprint density at radius 3 is 2.66 bits per heavy atom. The van der Waals surface area contributed by atoms with E-state index in [1.54, 1.807) is 31.4 Å². The summed E-state index contributed by atoms with van der Waals surface area (Å²) < 4.78 is 17.9. The third-order valence-electron chi connectivity index (χ3n) is 8.96. The van der Waals surface area contributed by atoms with E-state index in [0.29, 0.717) is 29.2 Å². The molecule has 0 saturated heterocycles. The number of phenolic OH excluding ortho intramolecular Hbond substituents is 2. The molecule has 8 nitrogen and oxygen atoms in total. The number of aromatic hydroxyl groups is 2. The summed E-state index contributed by atoms with van der Waals surface area (Å²) in [5.41, 5.74) is 5.79. The summed E-state index contributed by atoms with van der Waals surface area (Å²) >= 11 is 0. The van der Waals surface area contributed by atoms with Crippen molar-refractivity contribution in [2.45, 2.75) is 49.3 Å². The second-order valence-electron chi connectivity index (χ2n) is 11.2. The molecule has 8 heteroatoms. The third-order valence-corrected chi connectivity index (χ3v) is 8.96. The van der Waals surface area contributed by atoms with Crippen LogP contribution in [0.1, 0.15) is 53.0 Å². The molecule has 4 aliphatic rings. The molecule has 5 N–H and O–H groups in total. The maximum atomic E-state index is 11.9. The zero-order valence-corrected chi connectivity index (χ0v) is 23.0. The molecule has 0 fully saturated rings. The zero-order chi connectivity index (χ0) is 28.2. The predicted octanol–water partition coefficient (Wildman–Crippen LogP) is 3.08. The van der Waals surface area contributed by atoms with Crippen molar-refractivity contribution in [2.75, 3.05) is 20.9 Å². The topological polar surface area (TPSA) is 105 Å². The van der Waals surface area contributed by atoms with Crippen molar-refractivity contribution in [1.82, 2.24) is 5.32 Å². The number of rotatable bonds is 4. The summed E-state index contributed by atoms with van der Waals surface area (Å²) in [6, 6.07) is 12.7. The largest absolute Gasteiger partial charge is 0.508 e. The fourth-order valence-electron chi connectivity index (χ4n) is 7.04. The molecule has 3 aromatic carbocycles. The van der Waals surface area contributed by atoms with Crippen molar-refractivity contribution in [3.8, 4) is 51.7 Å². The maximum absolute atomic E-state index is 11.9. The van der Waals surface area contributed by atoms with E-state index >= 15 is 0 Å². The van der Waals surface area contributed by atoms with Gasteiger partial charge in [0.05, 0.1) is 32.8 Å². The summed E-state index contributed by atoms with van der Waals surface area (Å²) in [6.45, 7) is 0.805. The minimum Gasteiger partial charge on any atom is -0.508 e. The van der Waals surface area contributed by atoms with Gasteiger partial charge in [-0.05, 0) is 58.9 Å². The van der Waals surface area contributed by atoms with Crippen LogP contribution < -0.4 is 24.4 Å². The van der Waals surface area contributed by atoms with Gasteiger partial charge in [-0.25, -0.2) is 0 Å². The van der Waals surface area contributed by atoms with E-state index < -0.39 is 18.1 Å². The Morgan fingerprint density at radius 2 is 1.88 bits per heavy atom. The molecule has 6 atom stereocenters. The Morgan fingerprint density at radius 1 is 1.02 bits per heavy atom. The lowest BCUT2D eigenvalue weighted by Gasteiger charge is -2.40. The lowest BCUT2D eigenvalue weighted by atomic mass is 9.70. The number of ether oxygens (including phenoxy) is 3. The molecule has 210 valence electrons. The average molecular weight is 554 g/mol. The molecule has 1 unspecified atom stereocenters. The van der Waals surface area contributed by atoms with E-state index in [0.717, 1.165) is 47.3 Å². The predicted molar refractivity (Wildman–Crippen MR) is 152 cm³/mol. The van der Waals surface area contributed by atoms with Gasteiger partial charge in [0.1, 0.15) is 35.6 Å². The highest BCUT2D eigenvalue weighted by atomic mass is 16.5. The van der Waals surface area contributed by atoms with Crippen LogP contribution in [-0.4, -0.2) is 48.4 Å². The fraction of sp³-hybridized carbons (Fsp3) is 0.333. The highest BCUT2D eigenvalue weighted by Gasteiger charge is 2.44. The molecule has 0 amide bonds. The van der Waals surface area contributed by atoms with Crippen LogP contribution in [-0.2, 0) is 6.42 Å². The first-order valence-electron chi connectivity index (χ1n) is 14.0. The van der Waals surface area contributed by atoms with Gasteiger partial charge in [-0.2, -0.15) is 0 Å². The van der Waals surface area contributed by atoms with Crippen molar-refractivity contribution < 1.29 is 34.4 Å². The van der Waals surface area contributed by atoms with E-state index in [9.17, 15) is 15.3 Å². The second-order valence-corrected chi connectivity index (χ2v) is 11.2. The van der Waals surface area contributed by atoms with E-state index in [-0.39, 0.29) is 23.5 Å². The highest BCUT2D eigenvalue weighted by molar-refractivity contribution is 5.83. The van der Waals surface area contributed by atoms with Crippen molar-refractivity contribution >= 4 is 0 Å². The number of phenols is 2. The highest BCUT2D eigenvalue weighted by Crippen LogP contribution is 2.56. The number of benzene rings is 3. The number of hydrogen-bond donors (Lipinski definition) is 5. The van der Waals surface area contributed by atoms with Crippen molar-refractivity contribution in [3.05, 3.63) is 77.1 Å². The number of quaternary nitrogens is 1. The summed E-state index contributed by atoms with van der Waals surface area (Å²) in [6.07, 6.45) is 4.78. The van der Waals surface area contributed by atoms with Crippen molar-refractivity contribution in [3.63, 3.8) is 0 Å². The van der Waals surface area contributed by atoms with Crippen LogP contribution >= 0.6 is 0 Å². The summed E-state index contributed by atoms with van der Waals surface area (Å²) in [5, 5.41) is 35.8. The third kappa shape index (κ3) is 4.16. The van der Waals surface area contributed by atoms with Crippen LogP contribution in [0, 0.1) is 11.8 Å². The molecule has 0 spiro atoms. The number of aliphatic hydroxyl groups excluding tert-OH is 1. The SMILES string of the molecule is COc1cc([C@H]2Oc3cc(OC)c4c5c3[C@@H](C#CC[C@@H]([NH+]3C=CNC3)C[C@H]5Cc3cc(O)ccc3-4)[C@H]2O)ccc1O. The Hall–Kier alpha value is -4.32. The first kappa shape index (κ1) is 25.6. The van der Waals surface area contributed by atoms with Crippen molar-refractivity contribution in [2.24, 2.45) is 0 Å². The van der Waals surface area contributed by atoms with Gasteiger partial charge in [-0.3, -0.25) is 4.90 Å². The van der Waals surface area contributed by atoms with Crippen LogP contribution in [0.4, 0.5) is 0 Å². The van der Waals surface area contributed by atoms with Gasteiger partial charge < -0.3 is 34.8 Å². The van der Waals surface area contributed by atoms with E-state index in [2.05, 4.69) is 23.4 Å². The molecule has 2 aliphatic carbocycles. The number of fused-ring (bicyclic) bond motifs is 2. The second kappa shape index (κ2) is 9.95. The molecule has 7 rings (SSSR count). The van der Waals surface area contributed by atoms with Gasteiger partial charge in [0.2, 0.25) is 0 Å². The van der Waals surface area contributed by atoms with Crippen LogP contribution in [0.5, 0.6) is 28.7 Å². The van der Waals surface area contributed by atoms with E-state index in [4.69, 9.17) is 14.2 Å². The summed E-state index contributed by atoms with van der Waals surface area (Å²) in [5.74, 6) is 8.43. The molecule has 0 saturated carbocycles. The molecule has 3 aromatic rings. The van der Waals surface area contributed by atoms with Crippen molar-refractivity contribution in [1.29, 1.82) is 0 Å². The van der Waals surface area contributed by atoms with Gasteiger partial charge in [-0.15, -0.1) is 0 Å². The maximum Gasteiger partial charge on any atom is 0.160 e. The van der Waals surface area contributed by atoms with Gasteiger partial charge in [0.25, 0.3) is 0 Å². The fourth-order valence-corrected chi connectivity index (χ4v) is 7.04. The smallest absolute Gasteiger partial charge is 0.160 e. The Kier molecular flexibility index (Phi) is 6.22. The Bertz CT molecular complexity index is 1620. The van der Waals surface area contributed by atoms with Crippen LogP contribution in [0.3, 0.4) is 0 Å². The monoisotopic (exact) mass is 553 g/mol. The quantitative estimate of drug-likeness (QED) is 0.317. The minimum atomic E-state index is -0.958. The zero-order valence-electron chi connectivity index (χ0n) is 23.0. The molecule has 2 aliphatic heterocycles. The molecule has 0 bridgehead atoms. The summed E-state index contributed by atoms with van der Waals surface area (Å²) in [4.78, 5) is 1.33. The molecule has 0 radical (unpaired) electrons. The number of methoxy groups -OCH3 is 2. The van der Waals surface area contributed by atoms with Crippen LogP contribution in [0.2, 0.25) is 0 Å². The first-order chi connectivity index (χ1) is 20.0. The minimum absolute atomic E-state index is 0.0199. The number of aliphatic hydroxyl groups is 1. The number of hydrogen-bond acceptors (Lipinski definition) is 7. The Labute approximate surface area is 238 Å². The molecule has 0 aromatic heterocycles. The van der Waals surface area contributed by atoms with Gasteiger partial charge >= 0.3 is 0 Å². The molecular weight excluding hydrogens is 520 g/mol. The molecule has 2 heterocycles. The Balaban J connectivity index is 1.45. The van der Waals surface area contributed by atoms with E-state index in [1.165, 1.54) is 12.0 Å². The summed E-state index contributed by atoms with van der Waals surface area (Å²) in [7, 11) is 3.16. The van der Waals surface area contributed by atoms with Crippen LogP contribution in [0.15, 0.2) is 54.9 Å². The first-order valence-corrected chi connectivity index (χ1v) is 14.0. The number of nitrogens with one attached hydrogen (secondary N) is 2. The van der Waals surface area contributed by atoms with Gasteiger partial charge in [-0.1, -0.05) is 24.0 Å². The van der Waals surface area contributed by atoms with Gasteiger partial charge in [0.15, 0.2) is 24.3 Å². The van der Waals surface area contributed by atoms with Gasteiger partial charge in [0, 0.05) is 23.6 Å². The normalized spacial score (nSPS) is 27.0. The standard InChI is InChI=1S/C33H32N2O6/c1-39-26-15-18(6-9-25(26)37)33-32(38)24-5-3-4-21(35-11-10-34-17-35)13-20-12-19-14-22(36)7-8-23(19)30-27(40-2)16-28(41-33)31(24)29(20)30/h6-11,14-16,20-21,24,32-34,36-38H,4,12-13,17H2,1-2H3/p+1/t20-,21-,24-,32-,33-/m1/s1. The average Bonchev–Trinajstić information content (AvgIpc) is 3.53. The lowest BCUT2D eigenvalue weighted by molar-refractivity contribution is -0.870. The molecule has 41 heavy (non-hydrogen) atoms. The molecular formula is C33H33N2O6+.